The second-order valence-electron chi connectivity index (χ2n) is 5.42. The van der Waals surface area contributed by atoms with Gasteiger partial charge in [-0.15, -0.1) is 0 Å². The number of rotatable bonds is 6. The molecule has 0 bridgehead atoms. The van der Waals surface area contributed by atoms with Crippen molar-refractivity contribution in [1.82, 2.24) is 10.6 Å². The van der Waals surface area contributed by atoms with E-state index in [2.05, 4.69) is 24.7 Å². The maximum absolute atomic E-state index is 11.4. The molecule has 0 saturated heterocycles. The molecular weight excluding hydrogens is 306 g/mol. The summed E-state index contributed by atoms with van der Waals surface area (Å²) in [5, 5.41) is 6.95. The van der Waals surface area contributed by atoms with Crippen LogP contribution in [0.3, 0.4) is 0 Å². The van der Waals surface area contributed by atoms with Gasteiger partial charge in [-0.1, -0.05) is 12.1 Å². The monoisotopic (exact) mass is 330 g/mol. The van der Waals surface area contributed by atoms with Crippen LogP contribution in [0.4, 0.5) is 0 Å². The zero-order chi connectivity index (χ0) is 16.0. The lowest BCUT2D eigenvalue weighted by Gasteiger charge is -2.18. The van der Waals surface area contributed by atoms with Crippen LogP contribution in [0.2, 0.25) is 0 Å². The number of hydrogen-bond donors (Lipinski definition) is 3. The van der Waals surface area contributed by atoms with Gasteiger partial charge in [-0.25, -0.2) is 8.42 Å². The first-order valence-electron chi connectivity index (χ1n) is 6.83. The minimum Gasteiger partial charge on any atom is -0.357 e. The molecule has 5 nitrogen and oxygen atoms in total. The standard InChI is InChI=1S/C14H23N3O2S2/c1-11(16-14(20)15-9-10-17(2)3)12-5-7-13(8-6-12)21(4,18)19/h5-8,11H,9-10H2,1-4H3,(H2,15,16,20)/p+1/t11-/m0/s1. The van der Waals surface area contributed by atoms with E-state index in [1.165, 1.54) is 11.2 Å². The van der Waals surface area contributed by atoms with Crippen molar-refractivity contribution in [3.63, 3.8) is 0 Å². The molecule has 1 rings (SSSR count). The normalized spacial score (nSPS) is 13.0. The predicted molar refractivity (Wildman–Crippen MR) is 89.4 cm³/mol. The van der Waals surface area contributed by atoms with Crippen molar-refractivity contribution in [2.75, 3.05) is 33.4 Å². The molecule has 1 aromatic carbocycles. The molecule has 0 saturated carbocycles. The summed E-state index contributed by atoms with van der Waals surface area (Å²) in [4.78, 5) is 1.68. The molecule has 1 atom stereocenters. The molecule has 0 heterocycles. The Labute approximate surface area is 132 Å². The molecule has 0 aliphatic carbocycles. The van der Waals surface area contributed by atoms with E-state index in [1.807, 2.05) is 6.92 Å². The third kappa shape index (κ3) is 6.41. The van der Waals surface area contributed by atoms with Gasteiger partial charge in [0.25, 0.3) is 0 Å². The van der Waals surface area contributed by atoms with Crippen LogP contribution in [0.15, 0.2) is 29.2 Å². The van der Waals surface area contributed by atoms with Crippen LogP contribution in [0.25, 0.3) is 0 Å². The van der Waals surface area contributed by atoms with E-state index in [9.17, 15) is 8.42 Å². The van der Waals surface area contributed by atoms with Gasteiger partial charge in [-0.05, 0) is 36.8 Å². The summed E-state index contributed by atoms with van der Waals surface area (Å²) in [5.41, 5.74) is 0.991. The van der Waals surface area contributed by atoms with E-state index in [-0.39, 0.29) is 6.04 Å². The SMILES string of the molecule is C[C@H](NC(=S)NCC[NH+](C)C)c1ccc(S(C)(=O)=O)cc1. The molecule has 0 aliphatic rings. The molecule has 21 heavy (non-hydrogen) atoms. The van der Waals surface area contributed by atoms with E-state index in [0.29, 0.717) is 10.0 Å². The minimum atomic E-state index is -3.15. The molecule has 0 aliphatic heterocycles. The molecule has 7 heteroatoms. The first-order chi connectivity index (χ1) is 9.70. The summed E-state index contributed by atoms with van der Waals surface area (Å²) in [6.45, 7) is 3.79. The first kappa shape index (κ1) is 17.9. The fraction of sp³-hybridized carbons (Fsp3) is 0.500. The quantitative estimate of drug-likeness (QED) is 0.629. The van der Waals surface area contributed by atoms with Gasteiger partial charge in [0, 0.05) is 6.26 Å². The lowest BCUT2D eigenvalue weighted by molar-refractivity contribution is -0.856. The summed E-state index contributed by atoms with van der Waals surface area (Å²) in [7, 11) is 1.03. The Morgan fingerprint density at radius 3 is 2.33 bits per heavy atom. The average Bonchev–Trinajstić information content (AvgIpc) is 2.37. The van der Waals surface area contributed by atoms with Crippen molar-refractivity contribution in [3.8, 4) is 0 Å². The smallest absolute Gasteiger partial charge is 0.175 e. The number of sulfone groups is 1. The molecule has 0 fully saturated rings. The number of nitrogens with one attached hydrogen (secondary N) is 3. The van der Waals surface area contributed by atoms with Gasteiger partial charge in [0.15, 0.2) is 14.9 Å². The number of thiocarbonyl (C=S) groups is 1. The highest BCUT2D eigenvalue weighted by Gasteiger charge is 2.10. The minimum absolute atomic E-state index is 0.0188. The molecule has 0 amide bonds. The summed E-state index contributed by atoms with van der Waals surface area (Å²) in [6.07, 6.45) is 1.20. The summed E-state index contributed by atoms with van der Waals surface area (Å²) in [5.74, 6) is 0. The van der Waals surface area contributed by atoms with Gasteiger partial charge in [0.05, 0.1) is 38.1 Å². The Morgan fingerprint density at radius 1 is 1.29 bits per heavy atom. The second kappa shape index (κ2) is 7.72. The van der Waals surface area contributed by atoms with Gasteiger partial charge in [-0.2, -0.15) is 0 Å². The molecule has 1 aromatic rings. The second-order valence-corrected chi connectivity index (χ2v) is 7.84. The van der Waals surface area contributed by atoms with Gasteiger partial charge in [-0.3, -0.25) is 0 Å². The molecule has 3 N–H and O–H groups in total. The molecule has 0 unspecified atom stereocenters. The van der Waals surface area contributed by atoms with Crippen LogP contribution in [-0.2, 0) is 9.84 Å². The van der Waals surface area contributed by atoms with E-state index < -0.39 is 9.84 Å². The van der Waals surface area contributed by atoms with E-state index in [4.69, 9.17) is 12.2 Å². The lowest BCUT2D eigenvalue weighted by Crippen LogP contribution is -3.06. The van der Waals surface area contributed by atoms with Crippen molar-refractivity contribution < 1.29 is 13.3 Å². The highest BCUT2D eigenvalue weighted by atomic mass is 32.2. The third-order valence-electron chi connectivity index (χ3n) is 3.07. The topological polar surface area (TPSA) is 62.6 Å². The zero-order valence-corrected chi connectivity index (χ0v) is 14.6. The van der Waals surface area contributed by atoms with Crippen molar-refractivity contribution in [3.05, 3.63) is 29.8 Å². The molecule has 0 spiro atoms. The van der Waals surface area contributed by atoms with Crippen LogP contribution in [0, 0.1) is 0 Å². The largest absolute Gasteiger partial charge is 0.357 e. The summed E-state index contributed by atoms with van der Waals surface area (Å²) in [6, 6.07) is 6.87. The average molecular weight is 330 g/mol. The maximum atomic E-state index is 11.4. The Bertz CT molecular complexity index is 568. The van der Waals surface area contributed by atoms with Crippen molar-refractivity contribution in [2.24, 2.45) is 0 Å². The van der Waals surface area contributed by atoms with Crippen molar-refractivity contribution in [1.29, 1.82) is 0 Å². The number of hydrogen-bond acceptors (Lipinski definition) is 3. The molecule has 0 radical (unpaired) electrons. The third-order valence-corrected chi connectivity index (χ3v) is 4.46. The lowest BCUT2D eigenvalue weighted by atomic mass is 10.1. The van der Waals surface area contributed by atoms with Gasteiger partial charge >= 0.3 is 0 Å². The zero-order valence-electron chi connectivity index (χ0n) is 12.9. The van der Waals surface area contributed by atoms with Crippen LogP contribution in [0.5, 0.6) is 0 Å². The van der Waals surface area contributed by atoms with Crippen LogP contribution < -0.4 is 15.5 Å². The van der Waals surface area contributed by atoms with Crippen molar-refractivity contribution >= 4 is 27.2 Å². The molecule has 118 valence electrons. The Kier molecular flexibility index (Phi) is 6.57. The van der Waals surface area contributed by atoms with Gasteiger partial charge in [0.1, 0.15) is 0 Å². The fourth-order valence-corrected chi connectivity index (χ4v) is 2.67. The Morgan fingerprint density at radius 2 is 1.86 bits per heavy atom. The van der Waals surface area contributed by atoms with Crippen LogP contribution >= 0.6 is 12.2 Å². The van der Waals surface area contributed by atoms with Crippen LogP contribution in [-0.4, -0.2) is 47.0 Å². The van der Waals surface area contributed by atoms with Gasteiger partial charge in [0.2, 0.25) is 0 Å². The Hall–Kier alpha value is -1.18. The van der Waals surface area contributed by atoms with Crippen LogP contribution in [0.1, 0.15) is 18.5 Å². The highest BCUT2D eigenvalue weighted by Crippen LogP contribution is 2.16. The van der Waals surface area contributed by atoms with E-state index >= 15 is 0 Å². The highest BCUT2D eigenvalue weighted by molar-refractivity contribution is 7.90. The first-order valence-corrected chi connectivity index (χ1v) is 9.13. The van der Waals surface area contributed by atoms with E-state index in [1.54, 1.807) is 24.3 Å². The summed E-state index contributed by atoms with van der Waals surface area (Å²) >= 11 is 5.24. The molecular formula is C14H24N3O2S2+. The number of likely N-dealkylation sites (N-methyl/N-ethyl adjacent to an activating group) is 1. The fourth-order valence-electron chi connectivity index (χ4n) is 1.76. The summed E-state index contributed by atoms with van der Waals surface area (Å²) < 4.78 is 22.8. The maximum Gasteiger partial charge on any atom is 0.175 e. The predicted octanol–water partition coefficient (Wildman–Crippen LogP) is -0.240. The van der Waals surface area contributed by atoms with Crippen molar-refractivity contribution in [2.45, 2.75) is 17.9 Å². The number of benzene rings is 1. The van der Waals surface area contributed by atoms with E-state index in [0.717, 1.165) is 18.7 Å². The van der Waals surface area contributed by atoms with Gasteiger partial charge < -0.3 is 15.5 Å². The molecule has 0 aromatic heterocycles. The number of quaternary nitrogens is 1. The Balaban J connectivity index is 2.55.